The Morgan fingerprint density at radius 1 is 1.37 bits per heavy atom. The molecule has 0 bridgehead atoms. The number of imidazole rings is 1. The van der Waals surface area contributed by atoms with Crippen LogP contribution in [0.2, 0.25) is 0 Å². The van der Waals surface area contributed by atoms with Crippen LogP contribution in [0.1, 0.15) is 25.3 Å². The van der Waals surface area contributed by atoms with Gasteiger partial charge in [0.15, 0.2) is 0 Å². The van der Waals surface area contributed by atoms with E-state index in [0.29, 0.717) is 11.7 Å². The van der Waals surface area contributed by atoms with Gasteiger partial charge in [0.05, 0.1) is 16.8 Å². The van der Waals surface area contributed by atoms with Gasteiger partial charge in [0, 0.05) is 24.8 Å². The molecule has 6 heteroatoms. The van der Waals surface area contributed by atoms with Crippen molar-refractivity contribution in [3.05, 3.63) is 42.1 Å². The first-order valence-corrected chi connectivity index (χ1v) is 10.4. The molecule has 140 valence electrons. The number of aryl methyl sites for hydroxylation is 1. The van der Waals surface area contributed by atoms with Gasteiger partial charge in [-0.2, -0.15) is 0 Å². The summed E-state index contributed by atoms with van der Waals surface area (Å²) < 4.78 is 0. The van der Waals surface area contributed by atoms with E-state index in [-0.39, 0.29) is 5.91 Å². The number of hydrogen-bond donors (Lipinski definition) is 1. The van der Waals surface area contributed by atoms with Crippen molar-refractivity contribution in [3.63, 3.8) is 0 Å². The van der Waals surface area contributed by atoms with Gasteiger partial charge in [-0.1, -0.05) is 24.8 Å². The molecule has 0 spiro atoms. The predicted molar refractivity (Wildman–Crippen MR) is 110 cm³/mol. The number of aromatic nitrogens is 3. The summed E-state index contributed by atoms with van der Waals surface area (Å²) in [6.45, 7) is 6.03. The number of aromatic amines is 1. The third-order valence-corrected chi connectivity index (χ3v) is 6.00. The third-order valence-electron chi connectivity index (χ3n) is 5.01. The summed E-state index contributed by atoms with van der Waals surface area (Å²) in [6.07, 6.45) is 4.09. The number of nitrogens with one attached hydrogen (secondary N) is 1. The van der Waals surface area contributed by atoms with Gasteiger partial charge >= 0.3 is 0 Å². The number of piperidine rings is 1. The van der Waals surface area contributed by atoms with E-state index in [4.69, 9.17) is 4.98 Å². The van der Waals surface area contributed by atoms with Gasteiger partial charge < -0.3 is 9.88 Å². The summed E-state index contributed by atoms with van der Waals surface area (Å²) >= 11 is 1.50. The highest BCUT2D eigenvalue weighted by atomic mass is 32.2. The lowest BCUT2D eigenvalue weighted by atomic mass is 10.0. The van der Waals surface area contributed by atoms with Gasteiger partial charge in [-0.05, 0) is 55.5 Å². The molecule has 1 fully saturated rings. The second-order valence-electron chi connectivity index (χ2n) is 7.34. The number of H-pyrrole nitrogens is 1. The van der Waals surface area contributed by atoms with E-state index in [1.54, 1.807) is 6.20 Å². The highest BCUT2D eigenvalue weighted by Gasteiger charge is 2.21. The van der Waals surface area contributed by atoms with E-state index in [9.17, 15) is 4.79 Å². The fraction of sp³-hybridized carbons (Fsp3) is 0.381. The summed E-state index contributed by atoms with van der Waals surface area (Å²) in [6, 6.07) is 10.1. The quantitative estimate of drug-likeness (QED) is 0.686. The second-order valence-corrected chi connectivity index (χ2v) is 8.30. The molecule has 4 rings (SSSR count). The number of hydrogen-bond acceptors (Lipinski definition) is 4. The van der Waals surface area contributed by atoms with Crippen LogP contribution in [0.3, 0.4) is 0 Å². The Bertz CT molecular complexity index is 968. The minimum atomic E-state index is 0.198. The predicted octanol–water partition coefficient (Wildman–Crippen LogP) is 4.28. The third kappa shape index (κ3) is 4.00. The standard InChI is InChI=1S/C21H24N4OS/c1-14-7-8-17-18(11-14)24-20(23-17)16-6-3-9-22-21(16)27-13-19(26)25-10-4-5-15(2)12-25/h3,6-9,11,15H,4-5,10,12-13H2,1-2H3,(H,23,24). The Morgan fingerprint density at radius 3 is 3.11 bits per heavy atom. The van der Waals surface area contributed by atoms with E-state index in [1.165, 1.54) is 23.7 Å². The molecule has 5 nitrogen and oxygen atoms in total. The van der Waals surface area contributed by atoms with Crippen LogP contribution < -0.4 is 0 Å². The molecule has 1 aromatic carbocycles. The van der Waals surface area contributed by atoms with Crippen molar-refractivity contribution in [1.82, 2.24) is 19.9 Å². The SMILES string of the molecule is Cc1ccc2nc(-c3cccnc3SCC(=O)N3CCCC(C)C3)[nH]c2c1. The van der Waals surface area contributed by atoms with E-state index in [1.807, 2.05) is 23.1 Å². The first-order chi connectivity index (χ1) is 13.1. The number of benzene rings is 1. The maximum atomic E-state index is 12.6. The van der Waals surface area contributed by atoms with Crippen LogP contribution in [0.4, 0.5) is 0 Å². The largest absolute Gasteiger partial charge is 0.342 e. The van der Waals surface area contributed by atoms with Crippen molar-refractivity contribution >= 4 is 28.7 Å². The zero-order valence-corrected chi connectivity index (χ0v) is 16.6. The average molecular weight is 381 g/mol. The van der Waals surface area contributed by atoms with E-state index >= 15 is 0 Å². The van der Waals surface area contributed by atoms with Gasteiger partial charge in [0.2, 0.25) is 5.91 Å². The van der Waals surface area contributed by atoms with Crippen molar-refractivity contribution in [1.29, 1.82) is 0 Å². The van der Waals surface area contributed by atoms with Crippen LogP contribution in [0.5, 0.6) is 0 Å². The molecule has 0 radical (unpaired) electrons. The molecule has 3 heterocycles. The highest BCUT2D eigenvalue weighted by molar-refractivity contribution is 8.00. The van der Waals surface area contributed by atoms with Crippen LogP contribution in [-0.4, -0.2) is 44.6 Å². The fourth-order valence-electron chi connectivity index (χ4n) is 3.57. The Labute approximate surface area is 163 Å². The summed E-state index contributed by atoms with van der Waals surface area (Å²) in [5.74, 6) is 2.00. The number of likely N-dealkylation sites (tertiary alicyclic amines) is 1. The van der Waals surface area contributed by atoms with Gasteiger partial charge in [-0.15, -0.1) is 0 Å². The van der Waals surface area contributed by atoms with Crippen molar-refractivity contribution in [2.45, 2.75) is 31.7 Å². The van der Waals surface area contributed by atoms with Gasteiger partial charge in [0.1, 0.15) is 10.9 Å². The first kappa shape index (κ1) is 18.0. The number of thioether (sulfide) groups is 1. The molecule has 27 heavy (non-hydrogen) atoms. The number of fused-ring (bicyclic) bond motifs is 1. The van der Waals surface area contributed by atoms with Crippen LogP contribution in [0, 0.1) is 12.8 Å². The normalized spacial score (nSPS) is 17.4. The van der Waals surface area contributed by atoms with Gasteiger partial charge in [0.25, 0.3) is 0 Å². The van der Waals surface area contributed by atoms with Crippen molar-refractivity contribution in [3.8, 4) is 11.4 Å². The molecule has 1 aliphatic heterocycles. The molecule has 1 saturated heterocycles. The molecule has 0 saturated carbocycles. The number of carbonyl (C=O) groups excluding carboxylic acids is 1. The number of nitrogens with zero attached hydrogens (tertiary/aromatic N) is 3. The average Bonchev–Trinajstić information content (AvgIpc) is 3.09. The molecule has 0 aliphatic carbocycles. The molecule has 1 amide bonds. The van der Waals surface area contributed by atoms with Crippen LogP contribution >= 0.6 is 11.8 Å². The van der Waals surface area contributed by atoms with Crippen molar-refractivity contribution in [2.24, 2.45) is 5.92 Å². The summed E-state index contributed by atoms with van der Waals surface area (Å²) in [5.41, 5.74) is 4.09. The molecular formula is C21H24N4OS. The van der Waals surface area contributed by atoms with E-state index in [0.717, 1.165) is 47.0 Å². The van der Waals surface area contributed by atoms with Crippen LogP contribution in [0.25, 0.3) is 22.4 Å². The fourth-order valence-corrected chi connectivity index (χ4v) is 4.47. The van der Waals surface area contributed by atoms with E-state index < -0.39 is 0 Å². The summed E-state index contributed by atoms with van der Waals surface area (Å²) in [4.78, 5) is 27.2. The van der Waals surface area contributed by atoms with Gasteiger partial charge in [-0.25, -0.2) is 9.97 Å². The van der Waals surface area contributed by atoms with Gasteiger partial charge in [-0.3, -0.25) is 4.79 Å². The zero-order valence-electron chi connectivity index (χ0n) is 15.7. The molecular weight excluding hydrogens is 356 g/mol. The lowest BCUT2D eigenvalue weighted by Gasteiger charge is -2.30. The maximum Gasteiger partial charge on any atom is 0.232 e. The van der Waals surface area contributed by atoms with Crippen LogP contribution in [-0.2, 0) is 4.79 Å². The Kier molecular flexibility index (Phi) is 5.16. The number of pyridine rings is 1. The Morgan fingerprint density at radius 2 is 2.26 bits per heavy atom. The smallest absolute Gasteiger partial charge is 0.232 e. The molecule has 1 atom stereocenters. The Hall–Kier alpha value is -2.34. The monoisotopic (exact) mass is 380 g/mol. The molecule has 2 aromatic heterocycles. The molecule has 1 N–H and O–H groups in total. The number of carbonyl (C=O) groups is 1. The second kappa shape index (κ2) is 7.72. The van der Waals surface area contributed by atoms with Crippen molar-refractivity contribution < 1.29 is 4.79 Å². The molecule has 3 aromatic rings. The summed E-state index contributed by atoms with van der Waals surface area (Å²) in [5, 5.41) is 0.840. The molecule has 1 unspecified atom stereocenters. The van der Waals surface area contributed by atoms with E-state index in [2.05, 4.69) is 35.9 Å². The number of rotatable bonds is 4. The number of amides is 1. The minimum absolute atomic E-state index is 0.198. The van der Waals surface area contributed by atoms with Crippen molar-refractivity contribution in [2.75, 3.05) is 18.8 Å². The zero-order chi connectivity index (χ0) is 18.8. The lowest BCUT2D eigenvalue weighted by molar-refractivity contribution is -0.130. The topological polar surface area (TPSA) is 61.9 Å². The summed E-state index contributed by atoms with van der Waals surface area (Å²) in [7, 11) is 0. The maximum absolute atomic E-state index is 12.6. The first-order valence-electron chi connectivity index (χ1n) is 9.42. The van der Waals surface area contributed by atoms with Crippen LogP contribution in [0.15, 0.2) is 41.6 Å². The highest BCUT2D eigenvalue weighted by Crippen LogP contribution is 2.30. The lowest BCUT2D eigenvalue weighted by Crippen LogP contribution is -2.40. The molecule has 1 aliphatic rings. The minimum Gasteiger partial charge on any atom is -0.342 e. The Balaban J connectivity index is 1.53.